The molecule has 1 heterocycles. The highest BCUT2D eigenvalue weighted by atomic mass is 35.5. The molecule has 1 saturated carbocycles. The van der Waals surface area contributed by atoms with Crippen molar-refractivity contribution in [3.63, 3.8) is 0 Å². The molecule has 112 valence electrons. The fourth-order valence-corrected chi connectivity index (χ4v) is 2.92. The van der Waals surface area contributed by atoms with Gasteiger partial charge in [0.1, 0.15) is 5.02 Å². The summed E-state index contributed by atoms with van der Waals surface area (Å²) >= 11 is 6.15. The molecule has 1 aliphatic carbocycles. The Morgan fingerprint density at radius 2 is 2.20 bits per heavy atom. The van der Waals surface area contributed by atoms with Gasteiger partial charge in [-0.25, -0.2) is 4.68 Å². The van der Waals surface area contributed by atoms with Gasteiger partial charge in [-0.3, -0.25) is 4.79 Å². The molecule has 1 aliphatic rings. The molecule has 5 nitrogen and oxygen atoms in total. The monoisotopic (exact) mass is 299 g/mol. The first-order valence-corrected chi connectivity index (χ1v) is 7.57. The Morgan fingerprint density at radius 1 is 1.50 bits per heavy atom. The Labute approximate surface area is 124 Å². The fraction of sp³-hybridized carbons (Fsp3) is 0.714. The minimum atomic E-state index is -0.275. The standard InChI is InChI=1S/C14H22ClN3O2/c1-9(2)18-14(20)13(15)12(7-16-18)17-11-6-4-3-5-10(11)8-19/h7,9-11,17,19H,3-6,8H2,1-2H3. The summed E-state index contributed by atoms with van der Waals surface area (Å²) in [6, 6.07) is 0.135. The highest BCUT2D eigenvalue weighted by molar-refractivity contribution is 6.32. The predicted octanol–water partition coefficient (Wildman–Crippen LogP) is 2.44. The summed E-state index contributed by atoms with van der Waals surface area (Å²) in [6.07, 6.45) is 5.86. The third-order valence-corrected chi connectivity index (χ3v) is 4.28. The highest BCUT2D eigenvalue weighted by Crippen LogP contribution is 2.28. The molecule has 20 heavy (non-hydrogen) atoms. The van der Waals surface area contributed by atoms with E-state index >= 15 is 0 Å². The number of nitrogens with one attached hydrogen (secondary N) is 1. The van der Waals surface area contributed by atoms with Gasteiger partial charge in [-0.15, -0.1) is 0 Å². The Kier molecular flexibility index (Phi) is 5.05. The van der Waals surface area contributed by atoms with Crippen LogP contribution in [0.25, 0.3) is 0 Å². The molecule has 0 bridgehead atoms. The second-order valence-electron chi connectivity index (χ2n) is 5.69. The quantitative estimate of drug-likeness (QED) is 0.896. The molecule has 1 aromatic rings. The molecule has 0 amide bonds. The number of aliphatic hydroxyl groups is 1. The summed E-state index contributed by atoms with van der Waals surface area (Å²) in [5.74, 6) is 0.215. The number of nitrogens with zero attached hydrogens (tertiary/aromatic N) is 2. The van der Waals surface area contributed by atoms with E-state index in [0.717, 1.165) is 25.7 Å². The van der Waals surface area contributed by atoms with Crippen LogP contribution < -0.4 is 10.9 Å². The number of hydrogen-bond acceptors (Lipinski definition) is 4. The molecule has 2 atom stereocenters. The van der Waals surface area contributed by atoms with E-state index in [2.05, 4.69) is 10.4 Å². The molecule has 6 heteroatoms. The van der Waals surface area contributed by atoms with Crippen LogP contribution in [0.5, 0.6) is 0 Å². The average Bonchev–Trinajstić information content (AvgIpc) is 2.44. The van der Waals surface area contributed by atoms with E-state index in [1.807, 2.05) is 13.8 Å². The van der Waals surface area contributed by atoms with Gasteiger partial charge in [0.15, 0.2) is 0 Å². The van der Waals surface area contributed by atoms with Gasteiger partial charge in [-0.2, -0.15) is 5.10 Å². The largest absolute Gasteiger partial charge is 0.396 e. The molecule has 1 fully saturated rings. The summed E-state index contributed by atoms with van der Waals surface area (Å²) in [4.78, 5) is 12.1. The summed E-state index contributed by atoms with van der Waals surface area (Å²) in [6.45, 7) is 3.94. The van der Waals surface area contributed by atoms with Crippen molar-refractivity contribution in [2.75, 3.05) is 11.9 Å². The van der Waals surface area contributed by atoms with Gasteiger partial charge < -0.3 is 10.4 Å². The zero-order valence-electron chi connectivity index (χ0n) is 12.0. The van der Waals surface area contributed by atoms with E-state index in [0.29, 0.717) is 5.69 Å². The second-order valence-corrected chi connectivity index (χ2v) is 6.07. The van der Waals surface area contributed by atoms with Crippen molar-refractivity contribution in [3.8, 4) is 0 Å². The lowest BCUT2D eigenvalue weighted by molar-refractivity contribution is 0.178. The van der Waals surface area contributed by atoms with Gasteiger partial charge in [-0.05, 0) is 26.7 Å². The van der Waals surface area contributed by atoms with E-state index in [1.54, 1.807) is 6.20 Å². The molecule has 2 N–H and O–H groups in total. The number of rotatable bonds is 4. The van der Waals surface area contributed by atoms with E-state index in [9.17, 15) is 9.90 Å². The maximum absolute atomic E-state index is 12.1. The Morgan fingerprint density at radius 3 is 2.85 bits per heavy atom. The van der Waals surface area contributed by atoms with Crippen LogP contribution >= 0.6 is 11.6 Å². The molecule has 0 radical (unpaired) electrons. The maximum atomic E-state index is 12.1. The van der Waals surface area contributed by atoms with Crippen LogP contribution in [0.3, 0.4) is 0 Å². The van der Waals surface area contributed by atoms with Gasteiger partial charge >= 0.3 is 0 Å². The van der Waals surface area contributed by atoms with Crippen molar-refractivity contribution < 1.29 is 5.11 Å². The van der Waals surface area contributed by atoms with Crippen molar-refractivity contribution in [1.29, 1.82) is 0 Å². The number of aliphatic hydroxyl groups excluding tert-OH is 1. The number of anilines is 1. The number of halogens is 1. The zero-order chi connectivity index (χ0) is 14.7. The average molecular weight is 300 g/mol. The summed E-state index contributed by atoms with van der Waals surface area (Å²) in [7, 11) is 0. The first kappa shape index (κ1) is 15.3. The normalized spacial score (nSPS) is 23.1. The number of hydrogen-bond donors (Lipinski definition) is 2. The van der Waals surface area contributed by atoms with E-state index in [-0.39, 0.29) is 35.2 Å². The Bertz CT molecular complexity index is 516. The number of aromatic nitrogens is 2. The second kappa shape index (κ2) is 6.59. The third kappa shape index (κ3) is 3.15. The SMILES string of the molecule is CC(C)n1ncc(NC2CCCCC2CO)c(Cl)c1=O. The molecular weight excluding hydrogens is 278 g/mol. The van der Waals surface area contributed by atoms with Crippen LogP contribution in [0.4, 0.5) is 5.69 Å². The minimum absolute atomic E-state index is 0.0195. The van der Waals surface area contributed by atoms with Crippen molar-refractivity contribution in [3.05, 3.63) is 21.6 Å². The van der Waals surface area contributed by atoms with Crippen LogP contribution in [0.2, 0.25) is 5.02 Å². The van der Waals surface area contributed by atoms with Crippen molar-refractivity contribution in [2.24, 2.45) is 5.92 Å². The van der Waals surface area contributed by atoms with Crippen molar-refractivity contribution >= 4 is 17.3 Å². The lowest BCUT2D eigenvalue weighted by atomic mass is 9.85. The van der Waals surface area contributed by atoms with E-state index in [1.165, 1.54) is 4.68 Å². The molecule has 0 aromatic carbocycles. The van der Waals surface area contributed by atoms with Crippen LogP contribution in [-0.4, -0.2) is 27.5 Å². The fourth-order valence-electron chi connectivity index (χ4n) is 2.73. The van der Waals surface area contributed by atoms with Gasteiger partial charge in [0.2, 0.25) is 0 Å². The van der Waals surface area contributed by atoms with Crippen LogP contribution in [-0.2, 0) is 0 Å². The third-order valence-electron chi connectivity index (χ3n) is 3.92. The van der Waals surface area contributed by atoms with Crippen LogP contribution in [0.1, 0.15) is 45.6 Å². The van der Waals surface area contributed by atoms with Gasteiger partial charge in [0, 0.05) is 18.6 Å². The summed E-state index contributed by atoms with van der Waals surface area (Å²) in [5, 5.41) is 17.0. The Hall–Kier alpha value is -1.07. The van der Waals surface area contributed by atoms with Crippen molar-refractivity contribution in [2.45, 2.75) is 51.6 Å². The summed E-state index contributed by atoms with van der Waals surface area (Å²) in [5.41, 5.74) is 0.293. The first-order valence-electron chi connectivity index (χ1n) is 7.19. The van der Waals surface area contributed by atoms with Crippen LogP contribution in [0, 0.1) is 5.92 Å². The summed E-state index contributed by atoms with van der Waals surface area (Å²) < 4.78 is 1.37. The smallest absolute Gasteiger partial charge is 0.287 e. The van der Waals surface area contributed by atoms with E-state index < -0.39 is 0 Å². The lowest BCUT2D eigenvalue weighted by Gasteiger charge is -2.31. The molecule has 0 spiro atoms. The molecule has 2 rings (SSSR count). The zero-order valence-corrected chi connectivity index (χ0v) is 12.7. The highest BCUT2D eigenvalue weighted by Gasteiger charge is 2.25. The molecule has 0 saturated heterocycles. The first-order chi connectivity index (χ1) is 9.54. The molecule has 0 aliphatic heterocycles. The molecule has 2 unspecified atom stereocenters. The Balaban J connectivity index is 2.21. The van der Waals surface area contributed by atoms with Gasteiger partial charge in [-0.1, -0.05) is 24.4 Å². The minimum Gasteiger partial charge on any atom is -0.396 e. The van der Waals surface area contributed by atoms with Gasteiger partial charge in [0.25, 0.3) is 5.56 Å². The van der Waals surface area contributed by atoms with Gasteiger partial charge in [0.05, 0.1) is 17.9 Å². The van der Waals surface area contributed by atoms with Crippen molar-refractivity contribution in [1.82, 2.24) is 9.78 Å². The lowest BCUT2D eigenvalue weighted by Crippen LogP contribution is -2.35. The van der Waals surface area contributed by atoms with Crippen LogP contribution in [0.15, 0.2) is 11.0 Å². The molecular formula is C14H22ClN3O2. The predicted molar refractivity (Wildman–Crippen MR) is 80.3 cm³/mol. The topological polar surface area (TPSA) is 67.2 Å². The molecule has 1 aromatic heterocycles. The van der Waals surface area contributed by atoms with E-state index in [4.69, 9.17) is 11.6 Å². The maximum Gasteiger partial charge on any atom is 0.287 e.